The van der Waals surface area contributed by atoms with Crippen molar-refractivity contribution in [3.8, 4) is 0 Å². The second kappa shape index (κ2) is 6.93. The van der Waals surface area contributed by atoms with Crippen LogP contribution < -0.4 is 0 Å². The van der Waals surface area contributed by atoms with Crippen LogP contribution in [0.4, 0.5) is 0 Å². The fourth-order valence-corrected chi connectivity index (χ4v) is 6.19. The number of hydrogen-bond acceptors (Lipinski definition) is 5. The first-order chi connectivity index (χ1) is 7.79. The van der Waals surface area contributed by atoms with E-state index in [1.54, 1.807) is 0 Å². The zero-order chi connectivity index (χ0) is 12.9. The van der Waals surface area contributed by atoms with Crippen LogP contribution >= 0.6 is 37.3 Å². The summed E-state index contributed by atoms with van der Waals surface area (Å²) in [6.45, 7) is 0. The van der Waals surface area contributed by atoms with E-state index in [-0.39, 0.29) is 0 Å². The van der Waals surface area contributed by atoms with Crippen LogP contribution in [-0.2, 0) is 8.88 Å². The molecule has 1 aliphatic rings. The first-order valence-electron chi connectivity index (χ1n) is 4.95. The van der Waals surface area contributed by atoms with Crippen LogP contribution in [0, 0.1) is 0 Å². The Morgan fingerprint density at radius 1 is 1.12 bits per heavy atom. The van der Waals surface area contributed by atoms with E-state index in [2.05, 4.69) is 8.46 Å². The van der Waals surface area contributed by atoms with Crippen LogP contribution in [0.5, 0.6) is 0 Å². The molecule has 17 heavy (non-hydrogen) atoms. The van der Waals surface area contributed by atoms with E-state index < -0.39 is 15.6 Å². The maximum absolute atomic E-state index is 10.4. The summed E-state index contributed by atoms with van der Waals surface area (Å²) in [7, 11) is -7.05. The third-order valence-corrected chi connectivity index (χ3v) is 7.44. The first-order valence-corrected chi connectivity index (χ1v) is 10.2. The summed E-state index contributed by atoms with van der Waals surface area (Å²) in [5.74, 6) is 0. The molecule has 1 saturated carbocycles. The highest BCUT2D eigenvalue weighted by Gasteiger charge is 2.27. The van der Waals surface area contributed by atoms with E-state index in [0.717, 1.165) is 36.7 Å². The molecule has 0 heterocycles. The summed E-state index contributed by atoms with van der Waals surface area (Å²) in [5.41, 5.74) is 0. The topological polar surface area (TPSA) is 120 Å². The van der Waals surface area contributed by atoms with Gasteiger partial charge in [-0.05, 0) is 12.8 Å². The molecule has 1 fully saturated rings. The molecule has 0 bridgehead atoms. The Morgan fingerprint density at radius 3 is 2.24 bits per heavy atom. The molecule has 0 unspecified atom stereocenters. The quantitative estimate of drug-likeness (QED) is 0.346. The zero-order valence-electron chi connectivity index (χ0n) is 8.88. The van der Waals surface area contributed by atoms with Gasteiger partial charge in [-0.3, -0.25) is 0 Å². The molecule has 102 valence electrons. The van der Waals surface area contributed by atoms with Gasteiger partial charge in [-0.15, -0.1) is 4.15 Å². The minimum absolute atomic E-state index is 0.396. The fraction of sp³-hybridized carbons (Fsp3) is 1.00. The Labute approximate surface area is 107 Å². The molecule has 0 radical (unpaired) electrons. The normalized spacial score (nSPS) is 19.3. The van der Waals surface area contributed by atoms with Gasteiger partial charge in [0.1, 0.15) is 0 Å². The molecule has 0 atom stereocenters. The molecule has 0 spiro atoms. The van der Waals surface area contributed by atoms with Crippen LogP contribution in [-0.4, -0.2) is 24.8 Å². The third-order valence-electron chi connectivity index (χ3n) is 2.09. The molecule has 0 aromatic rings. The first kappa shape index (κ1) is 16.0. The maximum atomic E-state index is 10.4. The highest BCUT2D eigenvalue weighted by Crippen LogP contribution is 2.58. The number of rotatable bonds is 5. The molecule has 7 nitrogen and oxygen atoms in total. The van der Waals surface area contributed by atoms with E-state index in [0.29, 0.717) is 5.25 Å². The zero-order valence-corrected chi connectivity index (χ0v) is 12.3. The van der Waals surface area contributed by atoms with Crippen molar-refractivity contribution in [1.29, 1.82) is 0 Å². The van der Waals surface area contributed by atoms with E-state index in [9.17, 15) is 4.57 Å². The monoisotopic (exact) mass is 323 g/mol. The third kappa shape index (κ3) is 7.87. The number of nitrogens with zero attached hydrogens (tertiary/aromatic N) is 1. The highest BCUT2D eigenvalue weighted by atomic mass is 33.1. The molecule has 4 N–H and O–H groups in total. The second-order valence-corrected chi connectivity index (χ2v) is 8.94. The molecule has 0 saturated heterocycles. The van der Waals surface area contributed by atoms with Crippen LogP contribution in [0.1, 0.15) is 32.1 Å². The van der Waals surface area contributed by atoms with Crippen LogP contribution in [0.2, 0.25) is 0 Å². The van der Waals surface area contributed by atoms with Crippen molar-refractivity contribution in [3.05, 3.63) is 0 Å². The van der Waals surface area contributed by atoms with Crippen LogP contribution in [0.3, 0.4) is 0 Å². The van der Waals surface area contributed by atoms with Crippen molar-refractivity contribution in [2.45, 2.75) is 37.4 Å². The lowest BCUT2D eigenvalue weighted by Gasteiger charge is -2.19. The van der Waals surface area contributed by atoms with Gasteiger partial charge in [0.05, 0.1) is 0 Å². The fourth-order valence-electron chi connectivity index (χ4n) is 1.44. The Kier molecular flexibility index (Phi) is 6.53. The second-order valence-electron chi connectivity index (χ2n) is 3.60. The minimum Gasteiger partial charge on any atom is -0.318 e. The van der Waals surface area contributed by atoms with Gasteiger partial charge in [0.15, 0.2) is 0 Å². The summed E-state index contributed by atoms with van der Waals surface area (Å²) in [4.78, 5) is 35.1. The van der Waals surface area contributed by atoms with Crippen molar-refractivity contribution in [1.82, 2.24) is 0 Å². The molecule has 1 aliphatic carbocycles. The lowest BCUT2D eigenvalue weighted by Crippen LogP contribution is -2.05. The smallest absolute Gasteiger partial charge is 0.318 e. The van der Waals surface area contributed by atoms with Crippen molar-refractivity contribution in [2.75, 3.05) is 0 Å². The lowest BCUT2D eigenvalue weighted by atomic mass is 10.0. The summed E-state index contributed by atoms with van der Waals surface area (Å²) in [6, 6.07) is 0. The van der Waals surface area contributed by atoms with E-state index in [4.69, 9.17) is 19.6 Å². The van der Waals surface area contributed by atoms with Gasteiger partial charge < -0.3 is 19.6 Å². The van der Waals surface area contributed by atoms with Crippen molar-refractivity contribution in [2.24, 2.45) is 4.15 Å². The van der Waals surface area contributed by atoms with Gasteiger partial charge in [-0.25, -0.2) is 8.88 Å². The average molecular weight is 323 g/mol. The molecule has 0 aromatic carbocycles. The van der Waals surface area contributed by atoms with Crippen LogP contribution in [0.15, 0.2) is 4.15 Å². The standard InChI is InChI=1S/C6H15NO6P2S2/c8-14(9,13-15(10,11)12)7-17-16-6-4-2-1-3-5-6/h6,8-9H,1-5H2,(H2,10,11,12). The van der Waals surface area contributed by atoms with E-state index in [1.165, 1.54) is 17.2 Å². The van der Waals surface area contributed by atoms with Crippen LogP contribution in [0.25, 0.3) is 0 Å². The predicted octanol–water partition coefficient (Wildman–Crippen LogP) is 2.66. The summed E-state index contributed by atoms with van der Waals surface area (Å²) >= 11 is 0. The Morgan fingerprint density at radius 2 is 1.71 bits per heavy atom. The van der Waals surface area contributed by atoms with Crippen molar-refractivity contribution >= 4 is 37.3 Å². The number of phosphoric acid groups is 1. The maximum Gasteiger partial charge on any atom is 0.477 e. The molecule has 0 aromatic heterocycles. The van der Waals surface area contributed by atoms with E-state index in [1.807, 2.05) is 0 Å². The number of hydrogen-bond donors (Lipinski definition) is 4. The molecular formula is C6H15NO6P2S2. The van der Waals surface area contributed by atoms with Crippen molar-refractivity contribution < 1.29 is 28.4 Å². The average Bonchev–Trinajstić information content (AvgIpc) is 2.15. The SMILES string of the molecule is O=P(O)(O)OP(O)(O)=NSSC1CCCCC1. The van der Waals surface area contributed by atoms with Gasteiger partial charge in [0, 0.05) is 16.2 Å². The summed E-state index contributed by atoms with van der Waals surface area (Å²) in [5, 5.41) is 0.396. The van der Waals surface area contributed by atoms with Gasteiger partial charge in [0.25, 0.3) is 0 Å². The largest absolute Gasteiger partial charge is 0.477 e. The van der Waals surface area contributed by atoms with E-state index >= 15 is 0 Å². The molecule has 0 amide bonds. The minimum atomic E-state index is -4.93. The summed E-state index contributed by atoms with van der Waals surface area (Å²) in [6.07, 6.45) is 5.62. The van der Waals surface area contributed by atoms with Gasteiger partial charge in [-0.2, -0.15) is 0 Å². The summed E-state index contributed by atoms with van der Waals surface area (Å²) < 4.78 is 17.5. The van der Waals surface area contributed by atoms with Gasteiger partial charge in [0.2, 0.25) is 0 Å². The van der Waals surface area contributed by atoms with Crippen molar-refractivity contribution in [3.63, 3.8) is 0 Å². The molecule has 1 rings (SSSR count). The molecule has 0 aliphatic heterocycles. The lowest BCUT2D eigenvalue weighted by molar-refractivity contribution is 0.255. The van der Waals surface area contributed by atoms with Gasteiger partial charge in [-0.1, -0.05) is 30.1 Å². The molecule has 11 heteroatoms. The Hall–Kier alpha value is 0.960. The highest BCUT2D eigenvalue weighted by molar-refractivity contribution is 8.76. The Bertz CT molecular complexity index is 335. The molecular weight excluding hydrogens is 308 g/mol. The van der Waals surface area contributed by atoms with Gasteiger partial charge >= 0.3 is 15.6 Å². The Balaban J connectivity index is 2.38. The predicted molar refractivity (Wildman–Crippen MR) is 69.0 cm³/mol.